The number of aromatic nitrogens is 2. The van der Waals surface area contributed by atoms with Gasteiger partial charge in [-0.1, -0.05) is 29.8 Å². The molecule has 3 aromatic rings. The Morgan fingerprint density at radius 2 is 1.70 bits per heavy atom. The minimum absolute atomic E-state index is 0.112. The zero-order valence-corrected chi connectivity index (χ0v) is 16.9. The lowest BCUT2D eigenvalue weighted by atomic mass is 10.1. The number of hydrogen-bond donors (Lipinski definition) is 0. The van der Waals surface area contributed by atoms with Crippen molar-refractivity contribution in [1.82, 2.24) is 9.78 Å². The van der Waals surface area contributed by atoms with Gasteiger partial charge in [0.2, 0.25) is 0 Å². The van der Waals surface area contributed by atoms with Crippen molar-refractivity contribution in [2.24, 2.45) is 7.05 Å². The number of rotatable bonds is 4. The molecule has 0 fully saturated rings. The second-order valence-electron chi connectivity index (χ2n) is 6.77. The van der Waals surface area contributed by atoms with Gasteiger partial charge in [-0.25, -0.2) is 0 Å². The molecule has 6 heteroatoms. The molecule has 140 valence electrons. The molecule has 27 heavy (non-hydrogen) atoms. The van der Waals surface area contributed by atoms with Gasteiger partial charge in [0, 0.05) is 50.2 Å². The molecule has 1 aromatic heterocycles. The van der Waals surface area contributed by atoms with E-state index in [1.165, 1.54) is 0 Å². The molecule has 1 amide bonds. The molecule has 0 aliphatic carbocycles. The number of carbonyl (C=O) groups excluding carboxylic acids is 1. The van der Waals surface area contributed by atoms with Crippen molar-refractivity contribution in [3.05, 3.63) is 64.8 Å². The number of nitrogens with zero attached hydrogens (tertiary/aromatic N) is 4. The van der Waals surface area contributed by atoms with Gasteiger partial charge < -0.3 is 9.80 Å². The molecule has 0 spiro atoms. The standard InChI is InChI=1S/C21H23ClN4O/c1-14-6-11-17(12-19(14)24(2)3)25(4)21(27)20-13-18(23-26(20)5)15-7-9-16(22)10-8-15/h6-13H,1-5H3. The lowest BCUT2D eigenvalue weighted by molar-refractivity contribution is 0.0984. The molecule has 0 radical (unpaired) electrons. The number of aryl methyl sites for hydroxylation is 2. The molecule has 0 N–H and O–H groups in total. The van der Waals surface area contributed by atoms with E-state index >= 15 is 0 Å². The summed E-state index contributed by atoms with van der Waals surface area (Å²) in [5, 5.41) is 5.15. The van der Waals surface area contributed by atoms with E-state index in [1.807, 2.05) is 67.5 Å². The van der Waals surface area contributed by atoms with Crippen LogP contribution in [0.2, 0.25) is 5.02 Å². The van der Waals surface area contributed by atoms with Gasteiger partial charge in [0.25, 0.3) is 5.91 Å². The molecule has 0 aliphatic rings. The summed E-state index contributed by atoms with van der Waals surface area (Å²) in [6.07, 6.45) is 0. The molecule has 2 aromatic carbocycles. The first-order valence-electron chi connectivity index (χ1n) is 8.64. The average Bonchev–Trinajstić information content (AvgIpc) is 3.03. The van der Waals surface area contributed by atoms with E-state index in [2.05, 4.69) is 12.0 Å². The van der Waals surface area contributed by atoms with Gasteiger partial charge in [0.05, 0.1) is 5.69 Å². The Labute approximate surface area is 164 Å². The Kier molecular flexibility index (Phi) is 5.24. The van der Waals surface area contributed by atoms with Gasteiger partial charge in [-0.05, 0) is 42.8 Å². The third-order valence-corrected chi connectivity index (χ3v) is 4.86. The van der Waals surface area contributed by atoms with E-state index in [0.29, 0.717) is 10.7 Å². The highest BCUT2D eigenvalue weighted by molar-refractivity contribution is 6.30. The number of anilines is 2. The minimum atomic E-state index is -0.112. The summed E-state index contributed by atoms with van der Waals surface area (Å²) in [5.41, 5.74) is 5.26. The summed E-state index contributed by atoms with van der Waals surface area (Å²) in [7, 11) is 7.54. The molecule has 0 aliphatic heterocycles. The second kappa shape index (κ2) is 7.45. The van der Waals surface area contributed by atoms with Gasteiger partial charge in [0.15, 0.2) is 0 Å². The first kappa shape index (κ1) is 19.0. The van der Waals surface area contributed by atoms with Gasteiger partial charge in [0.1, 0.15) is 5.69 Å². The summed E-state index contributed by atoms with van der Waals surface area (Å²) in [6.45, 7) is 2.06. The lowest BCUT2D eigenvalue weighted by Crippen LogP contribution is -2.28. The summed E-state index contributed by atoms with van der Waals surface area (Å²) >= 11 is 5.95. The Morgan fingerprint density at radius 1 is 1.04 bits per heavy atom. The molecule has 0 unspecified atom stereocenters. The van der Waals surface area contributed by atoms with Crippen molar-refractivity contribution in [1.29, 1.82) is 0 Å². The molecular formula is C21H23ClN4O. The maximum Gasteiger partial charge on any atom is 0.276 e. The zero-order chi connectivity index (χ0) is 19.7. The van der Waals surface area contributed by atoms with E-state index in [9.17, 15) is 4.79 Å². The Morgan fingerprint density at radius 3 is 2.33 bits per heavy atom. The molecule has 3 rings (SSSR count). The molecule has 1 heterocycles. The highest BCUT2D eigenvalue weighted by atomic mass is 35.5. The highest BCUT2D eigenvalue weighted by Crippen LogP contribution is 2.27. The fraction of sp³-hybridized carbons (Fsp3) is 0.238. The Bertz CT molecular complexity index is 976. The van der Waals surface area contributed by atoms with E-state index in [-0.39, 0.29) is 5.91 Å². The van der Waals surface area contributed by atoms with Crippen molar-refractivity contribution in [3.8, 4) is 11.3 Å². The number of benzene rings is 2. The zero-order valence-electron chi connectivity index (χ0n) is 16.2. The van der Waals surface area contributed by atoms with Gasteiger partial charge >= 0.3 is 0 Å². The normalized spacial score (nSPS) is 10.7. The van der Waals surface area contributed by atoms with Crippen LogP contribution in [0.4, 0.5) is 11.4 Å². The third kappa shape index (κ3) is 3.83. The van der Waals surface area contributed by atoms with Gasteiger partial charge in [-0.3, -0.25) is 9.48 Å². The molecule has 0 saturated heterocycles. The average molecular weight is 383 g/mol. The maximum atomic E-state index is 13.1. The first-order chi connectivity index (χ1) is 12.8. The van der Waals surface area contributed by atoms with E-state index < -0.39 is 0 Å². The van der Waals surface area contributed by atoms with Crippen LogP contribution in [0.3, 0.4) is 0 Å². The van der Waals surface area contributed by atoms with Crippen molar-refractivity contribution >= 4 is 28.9 Å². The fourth-order valence-corrected chi connectivity index (χ4v) is 3.13. The van der Waals surface area contributed by atoms with Crippen molar-refractivity contribution in [3.63, 3.8) is 0 Å². The first-order valence-corrected chi connectivity index (χ1v) is 9.01. The number of carbonyl (C=O) groups is 1. The fourth-order valence-electron chi connectivity index (χ4n) is 3.01. The largest absolute Gasteiger partial charge is 0.377 e. The van der Waals surface area contributed by atoms with Crippen LogP contribution in [0, 0.1) is 6.92 Å². The SMILES string of the molecule is Cc1ccc(N(C)C(=O)c2cc(-c3ccc(Cl)cc3)nn2C)cc1N(C)C. The summed E-state index contributed by atoms with van der Waals surface area (Å²) in [5.74, 6) is -0.112. The third-order valence-electron chi connectivity index (χ3n) is 4.61. The summed E-state index contributed by atoms with van der Waals surface area (Å²) in [6, 6.07) is 15.2. The molecule has 0 bridgehead atoms. The van der Waals surface area contributed by atoms with Crippen molar-refractivity contribution in [2.75, 3.05) is 30.9 Å². The van der Waals surface area contributed by atoms with E-state index in [4.69, 9.17) is 11.6 Å². The van der Waals surface area contributed by atoms with Gasteiger partial charge in [-0.15, -0.1) is 0 Å². The van der Waals surface area contributed by atoms with Crippen LogP contribution in [0.25, 0.3) is 11.3 Å². The van der Waals surface area contributed by atoms with Crippen LogP contribution < -0.4 is 9.80 Å². The molecule has 0 saturated carbocycles. The smallest absolute Gasteiger partial charge is 0.276 e. The second-order valence-corrected chi connectivity index (χ2v) is 7.21. The predicted molar refractivity (Wildman–Crippen MR) is 112 cm³/mol. The van der Waals surface area contributed by atoms with Crippen LogP contribution in [0.15, 0.2) is 48.5 Å². The van der Waals surface area contributed by atoms with Crippen molar-refractivity contribution in [2.45, 2.75) is 6.92 Å². The molecule has 5 nitrogen and oxygen atoms in total. The van der Waals surface area contributed by atoms with E-state index in [0.717, 1.165) is 28.2 Å². The summed E-state index contributed by atoms with van der Waals surface area (Å²) in [4.78, 5) is 16.8. The molecule has 0 atom stereocenters. The maximum absolute atomic E-state index is 13.1. The topological polar surface area (TPSA) is 41.4 Å². The Hall–Kier alpha value is -2.79. The van der Waals surface area contributed by atoms with Crippen molar-refractivity contribution < 1.29 is 4.79 Å². The number of amides is 1. The summed E-state index contributed by atoms with van der Waals surface area (Å²) < 4.78 is 1.61. The Balaban J connectivity index is 1.92. The van der Waals surface area contributed by atoms with Gasteiger partial charge in [-0.2, -0.15) is 5.10 Å². The number of halogens is 1. The van der Waals surface area contributed by atoms with Crippen LogP contribution in [-0.4, -0.2) is 36.8 Å². The van der Waals surface area contributed by atoms with Crippen LogP contribution >= 0.6 is 11.6 Å². The predicted octanol–water partition coefficient (Wildman–Crippen LogP) is 4.39. The quantitative estimate of drug-likeness (QED) is 0.671. The number of hydrogen-bond acceptors (Lipinski definition) is 3. The van der Waals surface area contributed by atoms with E-state index in [1.54, 1.807) is 23.7 Å². The lowest BCUT2D eigenvalue weighted by Gasteiger charge is -2.22. The minimum Gasteiger partial charge on any atom is -0.377 e. The monoisotopic (exact) mass is 382 g/mol. The van der Waals surface area contributed by atoms with Crippen LogP contribution in [0.5, 0.6) is 0 Å². The highest BCUT2D eigenvalue weighted by Gasteiger charge is 2.20. The van der Waals surface area contributed by atoms with Crippen LogP contribution in [0.1, 0.15) is 16.1 Å². The van der Waals surface area contributed by atoms with Crippen LogP contribution in [-0.2, 0) is 7.05 Å². The molecular weight excluding hydrogens is 360 g/mol.